The van der Waals surface area contributed by atoms with Gasteiger partial charge in [0.2, 0.25) is 5.89 Å². The number of likely N-dealkylation sites (tertiary alicyclic amines) is 1. The summed E-state index contributed by atoms with van der Waals surface area (Å²) in [5.74, 6) is -0.471. The molecule has 0 saturated carbocycles. The van der Waals surface area contributed by atoms with Crippen LogP contribution in [0.3, 0.4) is 0 Å². The Morgan fingerprint density at radius 2 is 2.30 bits per heavy atom. The van der Waals surface area contributed by atoms with Gasteiger partial charge >= 0.3 is 5.97 Å². The molecule has 1 aromatic carbocycles. The first kappa shape index (κ1) is 17.8. The molecule has 0 amide bonds. The first-order chi connectivity index (χ1) is 10.6. The summed E-state index contributed by atoms with van der Waals surface area (Å²) in [4.78, 5) is 17.7. The number of aromatic nitrogens is 1. The molecule has 1 aromatic heterocycles. The van der Waals surface area contributed by atoms with E-state index in [-0.39, 0.29) is 18.3 Å². The van der Waals surface area contributed by atoms with Crippen molar-refractivity contribution < 1.29 is 14.3 Å². The summed E-state index contributed by atoms with van der Waals surface area (Å²) in [5, 5.41) is 9.76. The lowest BCUT2D eigenvalue weighted by molar-refractivity contribution is -0.143. The first-order valence-electron chi connectivity index (χ1n) is 7.27. The molecule has 1 saturated heterocycles. The zero-order valence-electron chi connectivity index (χ0n) is 12.4. The Morgan fingerprint density at radius 1 is 1.48 bits per heavy atom. The van der Waals surface area contributed by atoms with E-state index in [1.165, 1.54) is 0 Å². The monoisotopic (exact) mass is 356 g/mol. The maximum absolute atomic E-state index is 11.1. The van der Waals surface area contributed by atoms with Crippen LogP contribution in [-0.2, 0) is 11.3 Å². The van der Waals surface area contributed by atoms with Crippen molar-refractivity contribution in [3.05, 3.63) is 41.2 Å². The Morgan fingerprint density at radius 3 is 3.04 bits per heavy atom. The number of aliphatic carboxylic acids is 1. The van der Waals surface area contributed by atoms with Crippen LogP contribution < -0.4 is 0 Å². The number of nitrogens with zero attached hydrogens (tertiary/aromatic N) is 2. The number of rotatable bonds is 4. The molecule has 1 atom stereocenters. The Kier molecular flexibility index (Phi) is 6.04. The van der Waals surface area contributed by atoms with Crippen molar-refractivity contribution in [2.45, 2.75) is 19.4 Å². The van der Waals surface area contributed by atoms with E-state index < -0.39 is 5.97 Å². The topological polar surface area (TPSA) is 66.6 Å². The van der Waals surface area contributed by atoms with E-state index in [0.29, 0.717) is 24.0 Å². The molecular weight excluding hydrogens is 339 g/mol. The summed E-state index contributed by atoms with van der Waals surface area (Å²) in [7, 11) is 0. The maximum Gasteiger partial charge on any atom is 0.307 e. The maximum atomic E-state index is 11.1. The Balaban J connectivity index is 0.00000192. The summed E-state index contributed by atoms with van der Waals surface area (Å²) in [6, 6.07) is 7.35. The fourth-order valence-corrected chi connectivity index (χ4v) is 2.95. The molecule has 1 unspecified atom stereocenters. The van der Waals surface area contributed by atoms with Crippen molar-refractivity contribution >= 4 is 30.0 Å². The second kappa shape index (κ2) is 7.81. The minimum Gasteiger partial charge on any atom is -0.481 e. The zero-order chi connectivity index (χ0) is 15.5. The van der Waals surface area contributed by atoms with E-state index in [2.05, 4.69) is 9.88 Å². The van der Waals surface area contributed by atoms with Gasteiger partial charge in [0.1, 0.15) is 6.26 Å². The van der Waals surface area contributed by atoms with Gasteiger partial charge < -0.3 is 9.52 Å². The summed E-state index contributed by atoms with van der Waals surface area (Å²) < 4.78 is 5.51. The van der Waals surface area contributed by atoms with Gasteiger partial charge in [-0.15, -0.1) is 12.4 Å². The third-order valence-electron chi connectivity index (χ3n) is 3.86. The van der Waals surface area contributed by atoms with Crippen LogP contribution >= 0.6 is 24.0 Å². The lowest BCUT2D eigenvalue weighted by atomic mass is 9.98. The number of hydrogen-bond acceptors (Lipinski definition) is 4. The fourth-order valence-electron chi connectivity index (χ4n) is 2.76. The van der Waals surface area contributed by atoms with Crippen molar-refractivity contribution in [1.29, 1.82) is 0 Å². The standard InChI is InChI=1S/C16H17ClN2O3.ClH/c17-13-5-1-3-11(7-13)15-18-14(10-22-15)9-19-6-2-4-12(8-19)16(20)21;/h1,3,5,7,10,12H,2,4,6,8-9H2,(H,20,21);1H. The van der Waals surface area contributed by atoms with E-state index in [1.807, 2.05) is 12.1 Å². The molecular formula is C16H18Cl2N2O3. The number of hydrogen-bond donors (Lipinski definition) is 1. The lowest BCUT2D eigenvalue weighted by Crippen LogP contribution is -2.38. The highest BCUT2D eigenvalue weighted by Gasteiger charge is 2.25. The van der Waals surface area contributed by atoms with Crippen LogP contribution in [0.1, 0.15) is 18.5 Å². The van der Waals surface area contributed by atoms with Crippen molar-refractivity contribution in [2.75, 3.05) is 13.1 Å². The first-order valence-corrected chi connectivity index (χ1v) is 7.65. The summed E-state index contributed by atoms with van der Waals surface area (Å²) in [6.07, 6.45) is 3.27. The van der Waals surface area contributed by atoms with Gasteiger partial charge in [-0.05, 0) is 37.6 Å². The number of halogens is 2. The normalized spacial score (nSPS) is 18.4. The van der Waals surface area contributed by atoms with Gasteiger partial charge in [0.05, 0.1) is 11.6 Å². The number of oxazole rings is 1. The third kappa shape index (κ3) is 4.47. The second-order valence-corrected chi connectivity index (χ2v) is 6.00. The summed E-state index contributed by atoms with van der Waals surface area (Å²) in [5.41, 5.74) is 1.64. The highest BCUT2D eigenvalue weighted by atomic mass is 35.5. The van der Waals surface area contributed by atoms with E-state index >= 15 is 0 Å². The number of carbonyl (C=O) groups is 1. The quantitative estimate of drug-likeness (QED) is 0.904. The highest BCUT2D eigenvalue weighted by molar-refractivity contribution is 6.30. The average molecular weight is 357 g/mol. The molecule has 0 bridgehead atoms. The minimum atomic E-state index is -0.718. The van der Waals surface area contributed by atoms with E-state index in [4.69, 9.17) is 21.1 Å². The van der Waals surface area contributed by atoms with Crippen LogP contribution in [0.5, 0.6) is 0 Å². The van der Waals surface area contributed by atoms with Gasteiger partial charge in [0.15, 0.2) is 0 Å². The number of carboxylic acids is 1. The molecule has 1 fully saturated rings. The molecule has 1 aliphatic rings. The van der Waals surface area contributed by atoms with Crippen LogP contribution in [0.2, 0.25) is 5.02 Å². The Hall–Kier alpha value is -1.56. The smallest absolute Gasteiger partial charge is 0.307 e. The molecule has 0 aliphatic carbocycles. The predicted octanol–water partition coefficient (Wildman–Crippen LogP) is 3.71. The minimum absolute atomic E-state index is 0. The van der Waals surface area contributed by atoms with Crippen molar-refractivity contribution in [3.8, 4) is 11.5 Å². The number of benzene rings is 1. The molecule has 1 aliphatic heterocycles. The number of piperidine rings is 1. The molecule has 1 N–H and O–H groups in total. The Bertz CT molecular complexity index is 675. The highest BCUT2D eigenvalue weighted by Crippen LogP contribution is 2.23. The molecule has 7 heteroatoms. The Labute approximate surface area is 145 Å². The van der Waals surface area contributed by atoms with Crippen molar-refractivity contribution in [1.82, 2.24) is 9.88 Å². The number of carboxylic acid groups (broad SMARTS) is 1. The van der Waals surface area contributed by atoms with Gasteiger partial charge in [0, 0.05) is 23.7 Å². The van der Waals surface area contributed by atoms with Crippen LogP contribution in [0.15, 0.2) is 34.9 Å². The summed E-state index contributed by atoms with van der Waals surface area (Å²) in [6.45, 7) is 2.06. The zero-order valence-corrected chi connectivity index (χ0v) is 14.0. The molecule has 3 rings (SSSR count). The van der Waals surface area contributed by atoms with E-state index in [0.717, 1.165) is 30.6 Å². The van der Waals surface area contributed by atoms with Crippen LogP contribution in [-0.4, -0.2) is 34.0 Å². The van der Waals surface area contributed by atoms with Crippen molar-refractivity contribution in [3.63, 3.8) is 0 Å². The van der Waals surface area contributed by atoms with Gasteiger partial charge in [-0.2, -0.15) is 0 Å². The van der Waals surface area contributed by atoms with Gasteiger partial charge in [-0.3, -0.25) is 9.69 Å². The van der Waals surface area contributed by atoms with Crippen LogP contribution in [0.25, 0.3) is 11.5 Å². The van der Waals surface area contributed by atoms with Gasteiger partial charge in [-0.1, -0.05) is 17.7 Å². The predicted molar refractivity (Wildman–Crippen MR) is 89.8 cm³/mol. The van der Waals surface area contributed by atoms with Crippen LogP contribution in [0.4, 0.5) is 0 Å². The third-order valence-corrected chi connectivity index (χ3v) is 4.10. The molecule has 5 nitrogen and oxygen atoms in total. The molecule has 2 heterocycles. The average Bonchev–Trinajstić information content (AvgIpc) is 2.96. The van der Waals surface area contributed by atoms with E-state index in [1.54, 1.807) is 18.4 Å². The largest absolute Gasteiger partial charge is 0.481 e. The van der Waals surface area contributed by atoms with Crippen molar-refractivity contribution in [2.24, 2.45) is 5.92 Å². The van der Waals surface area contributed by atoms with E-state index in [9.17, 15) is 4.79 Å². The summed E-state index contributed by atoms with van der Waals surface area (Å²) >= 11 is 5.97. The molecule has 0 radical (unpaired) electrons. The molecule has 0 spiro atoms. The molecule has 124 valence electrons. The lowest BCUT2D eigenvalue weighted by Gasteiger charge is -2.29. The van der Waals surface area contributed by atoms with Gasteiger partial charge in [0.25, 0.3) is 0 Å². The molecule has 2 aromatic rings. The second-order valence-electron chi connectivity index (χ2n) is 5.57. The fraction of sp³-hybridized carbons (Fsp3) is 0.375. The van der Waals surface area contributed by atoms with Crippen LogP contribution in [0, 0.1) is 5.92 Å². The molecule has 23 heavy (non-hydrogen) atoms. The SMILES string of the molecule is Cl.O=C(O)C1CCCN(Cc2coc(-c3cccc(Cl)c3)n2)C1. The van der Waals surface area contributed by atoms with Gasteiger partial charge in [-0.25, -0.2) is 4.98 Å².